The zero-order valence-corrected chi connectivity index (χ0v) is 12.6. The molecule has 0 amide bonds. The summed E-state index contributed by atoms with van der Waals surface area (Å²) in [5.74, 6) is -4.96. The molecule has 0 atom stereocenters. The lowest BCUT2D eigenvalue weighted by atomic mass is 9.81. The molecule has 0 aliphatic heterocycles. The summed E-state index contributed by atoms with van der Waals surface area (Å²) in [7, 11) is 0. The molecule has 0 aromatic heterocycles. The molecule has 0 aliphatic rings. The maximum absolute atomic E-state index is 11.2. The van der Waals surface area contributed by atoms with Crippen molar-refractivity contribution in [2.45, 2.75) is 53.4 Å². The summed E-state index contributed by atoms with van der Waals surface area (Å²) in [5.41, 5.74) is 4.90. The van der Waals surface area contributed by atoms with Crippen molar-refractivity contribution in [2.24, 2.45) is 0 Å². The molecule has 1 aromatic rings. The highest BCUT2D eigenvalue weighted by molar-refractivity contribution is 5.98. The Bertz CT molecular complexity index is 513. The van der Waals surface area contributed by atoms with Crippen LogP contribution in [-0.4, -0.2) is 11.9 Å². The van der Waals surface area contributed by atoms with Crippen molar-refractivity contribution in [3.63, 3.8) is 0 Å². The molecule has 0 unspecified atom stereocenters. The van der Waals surface area contributed by atoms with E-state index in [0.717, 1.165) is 40.7 Å². The first-order chi connectivity index (χ1) is 9.27. The van der Waals surface area contributed by atoms with Crippen LogP contribution in [0.5, 0.6) is 0 Å². The summed E-state index contributed by atoms with van der Waals surface area (Å²) in [6.45, 7) is 9.48. The topological polar surface area (TPSA) is 80.3 Å². The molecule has 0 radical (unpaired) electrons. The molecule has 110 valence electrons. The van der Waals surface area contributed by atoms with E-state index in [1.165, 1.54) is 0 Å². The van der Waals surface area contributed by atoms with Gasteiger partial charge in [0.15, 0.2) is 0 Å². The summed E-state index contributed by atoms with van der Waals surface area (Å²) in [4.78, 5) is 22.4. The summed E-state index contributed by atoms with van der Waals surface area (Å²) >= 11 is 0. The molecule has 4 heteroatoms. The fourth-order valence-electron chi connectivity index (χ4n) is 3.18. The highest BCUT2D eigenvalue weighted by atomic mass is 16.4. The Morgan fingerprint density at radius 2 is 1.20 bits per heavy atom. The number of hydrogen-bond acceptors (Lipinski definition) is 4. The summed E-state index contributed by atoms with van der Waals surface area (Å²) in [6.07, 6.45) is 1.45. The summed E-state index contributed by atoms with van der Waals surface area (Å²) in [5, 5.41) is 22.4. The monoisotopic (exact) mass is 276 g/mol. The first-order valence-electron chi connectivity index (χ1n) is 6.80. The zero-order chi connectivity index (χ0) is 15.6. The third-order valence-electron chi connectivity index (χ3n) is 4.09. The number of aliphatic carboxylic acids is 2. The van der Waals surface area contributed by atoms with Gasteiger partial charge in [-0.15, -0.1) is 0 Å². The van der Waals surface area contributed by atoms with Crippen LogP contribution in [0, 0.1) is 20.8 Å². The molecule has 1 aromatic carbocycles. The minimum absolute atomic E-state index is 0.323. The van der Waals surface area contributed by atoms with Crippen LogP contribution >= 0.6 is 0 Å². The number of rotatable bonds is 5. The molecule has 20 heavy (non-hydrogen) atoms. The van der Waals surface area contributed by atoms with Gasteiger partial charge in [-0.25, -0.2) is 0 Å². The van der Waals surface area contributed by atoms with Crippen molar-refractivity contribution in [1.29, 1.82) is 0 Å². The first-order valence-corrected chi connectivity index (χ1v) is 6.80. The van der Waals surface area contributed by atoms with Crippen LogP contribution in [-0.2, 0) is 22.4 Å². The Labute approximate surface area is 119 Å². The number of benzene rings is 1. The lowest BCUT2D eigenvalue weighted by molar-refractivity contribution is -0.326. The summed E-state index contributed by atoms with van der Waals surface area (Å²) < 4.78 is 0. The highest BCUT2D eigenvalue weighted by Crippen LogP contribution is 2.32. The van der Waals surface area contributed by atoms with Gasteiger partial charge in [-0.05, 0) is 67.0 Å². The van der Waals surface area contributed by atoms with Crippen LogP contribution < -0.4 is 10.2 Å². The Morgan fingerprint density at radius 3 is 1.45 bits per heavy atom. The normalized spacial score (nSPS) is 10.9. The summed E-state index contributed by atoms with van der Waals surface area (Å²) in [6, 6.07) is 0. The molecule has 0 aliphatic carbocycles. The number of hydrogen-bond donors (Lipinski definition) is 0. The third kappa shape index (κ3) is 2.55. The first kappa shape index (κ1) is 16.2. The van der Waals surface area contributed by atoms with Gasteiger partial charge in [0.25, 0.3) is 0 Å². The van der Waals surface area contributed by atoms with E-state index >= 15 is 0 Å². The van der Waals surface area contributed by atoms with E-state index in [1.807, 2.05) is 20.8 Å². The Hall–Kier alpha value is -1.84. The maximum atomic E-state index is 11.2. The second-order valence-corrected chi connectivity index (χ2v) is 5.02. The number of carboxylic acid groups (broad SMARTS) is 2. The van der Waals surface area contributed by atoms with Gasteiger partial charge in [0.1, 0.15) is 0 Å². The third-order valence-corrected chi connectivity index (χ3v) is 4.09. The van der Waals surface area contributed by atoms with E-state index in [9.17, 15) is 19.8 Å². The van der Waals surface area contributed by atoms with E-state index in [4.69, 9.17) is 0 Å². The van der Waals surface area contributed by atoms with Gasteiger partial charge in [0, 0.05) is 0 Å². The lowest BCUT2D eigenvalue weighted by Crippen LogP contribution is -2.42. The fraction of sp³-hybridized carbons (Fsp3) is 0.500. The predicted octanol–water partition coefficient (Wildman–Crippen LogP) is 0.320. The van der Waals surface area contributed by atoms with Gasteiger partial charge in [-0.2, -0.15) is 0 Å². The van der Waals surface area contributed by atoms with Gasteiger partial charge >= 0.3 is 0 Å². The average Bonchev–Trinajstić information content (AvgIpc) is 2.34. The van der Waals surface area contributed by atoms with Gasteiger partial charge in [0.05, 0.1) is 17.9 Å². The molecule has 0 fully saturated rings. The molecule has 0 saturated heterocycles. The van der Waals surface area contributed by atoms with E-state index in [1.54, 1.807) is 13.8 Å². The van der Waals surface area contributed by atoms with Crippen molar-refractivity contribution < 1.29 is 19.8 Å². The SMILES string of the molecule is CCc1c(C)c(CC)c(C)c(C(C(=O)[O-])C(=O)[O-])c1C. The molecule has 4 nitrogen and oxygen atoms in total. The predicted molar refractivity (Wildman–Crippen MR) is 72.2 cm³/mol. The second kappa shape index (κ2) is 6.07. The van der Waals surface area contributed by atoms with E-state index in [0.29, 0.717) is 5.56 Å². The van der Waals surface area contributed by atoms with Crippen molar-refractivity contribution in [3.05, 3.63) is 33.4 Å². The quantitative estimate of drug-likeness (QED) is 0.725. The molecule has 0 N–H and O–H groups in total. The molecular formula is C16H20O4-2. The van der Waals surface area contributed by atoms with Crippen LogP contribution in [0.2, 0.25) is 0 Å². The highest BCUT2D eigenvalue weighted by Gasteiger charge is 2.23. The molecule has 1 rings (SSSR count). The number of carboxylic acids is 2. The van der Waals surface area contributed by atoms with Crippen LogP contribution in [0.4, 0.5) is 0 Å². The zero-order valence-electron chi connectivity index (χ0n) is 12.6. The number of carbonyl (C=O) groups is 2. The standard InChI is InChI=1S/C16H22O4/c1-6-11-8(3)12(7-2)10(5)13(9(11)4)14(15(17)18)16(19)20/h14H,6-7H2,1-5H3,(H,17,18)(H,19,20)/p-2. The van der Waals surface area contributed by atoms with E-state index < -0.39 is 17.9 Å². The minimum atomic E-state index is -1.72. The van der Waals surface area contributed by atoms with Crippen molar-refractivity contribution in [2.75, 3.05) is 0 Å². The van der Waals surface area contributed by atoms with E-state index in [-0.39, 0.29) is 0 Å². The maximum Gasteiger partial charge on any atom is 0.0637 e. The molecule has 0 saturated carbocycles. The Morgan fingerprint density at radius 1 is 0.850 bits per heavy atom. The van der Waals surface area contributed by atoms with E-state index in [2.05, 4.69) is 0 Å². The van der Waals surface area contributed by atoms with Crippen LogP contribution in [0.25, 0.3) is 0 Å². The largest absolute Gasteiger partial charge is 0.549 e. The second-order valence-electron chi connectivity index (χ2n) is 5.02. The smallest absolute Gasteiger partial charge is 0.0637 e. The minimum Gasteiger partial charge on any atom is -0.549 e. The van der Waals surface area contributed by atoms with Gasteiger partial charge in [-0.3, -0.25) is 0 Å². The number of carbonyl (C=O) groups excluding carboxylic acids is 2. The van der Waals surface area contributed by atoms with Crippen molar-refractivity contribution >= 4 is 11.9 Å². The Balaban J connectivity index is 3.77. The van der Waals surface area contributed by atoms with Gasteiger partial charge in [0.2, 0.25) is 0 Å². The van der Waals surface area contributed by atoms with Crippen molar-refractivity contribution in [1.82, 2.24) is 0 Å². The molecular weight excluding hydrogens is 256 g/mol. The van der Waals surface area contributed by atoms with Crippen LogP contribution in [0.3, 0.4) is 0 Å². The van der Waals surface area contributed by atoms with Gasteiger partial charge < -0.3 is 19.8 Å². The molecule has 0 bridgehead atoms. The molecule has 0 heterocycles. The fourth-order valence-corrected chi connectivity index (χ4v) is 3.18. The van der Waals surface area contributed by atoms with Crippen molar-refractivity contribution in [3.8, 4) is 0 Å². The molecule has 0 spiro atoms. The van der Waals surface area contributed by atoms with Crippen LogP contribution in [0.15, 0.2) is 0 Å². The Kier molecular flexibility index (Phi) is 4.93. The average molecular weight is 276 g/mol. The van der Waals surface area contributed by atoms with Gasteiger partial charge in [-0.1, -0.05) is 13.8 Å². The van der Waals surface area contributed by atoms with Crippen LogP contribution in [0.1, 0.15) is 53.1 Å². The lowest BCUT2D eigenvalue weighted by Gasteiger charge is -2.28.